The topological polar surface area (TPSA) is 67.2 Å². The Hall–Kier alpha value is -1.36. The molecule has 1 aliphatic heterocycles. The second kappa shape index (κ2) is 5.31. The summed E-state index contributed by atoms with van der Waals surface area (Å²) in [6, 6.07) is -0.0735. The Morgan fingerprint density at radius 2 is 2.53 bits per heavy atom. The van der Waals surface area contributed by atoms with Crippen LogP contribution in [0.2, 0.25) is 0 Å². The van der Waals surface area contributed by atoms with E-state index in [2.05, 4.69) is 22.5 Å². The number of amides is 1. The average molecular weight is 237 g/mol. The summed E-state index contributed by atoms with van der Waals surface area (Å²) in [5.41, 5.74) is 0. The van der Waals surface area contributed by atoms with E-state index in [9.17, 15) is 4.79 Å². The van der Waals surface area contributed by atoms with Gasteiger partial charge in [0.1, 0.15) is 5.76 Å². The maximum atomic E-state index is 11.9. The lowest BCUT2D eigenvalue weighted by atomic mass is 10.0. The molecule has 0 spiro atoms. The fraction of sp³-hybridized carbons (Fsp3) is 0.667. The van der Waals surface area contributed by atoms with E-state index in [1.165, 1.54) is 0 Å². The molecule has 1 aliphatic rings. The maximum absolute atomic E-state index is 11.9. The Balaban J connectivity index is 1.83. The van der Waals surface area contributed by atoms with E-state index in [1.807, 2.05) is 6.92 Å². The van der Waals surface area contributed by atoms with E-state index in [0.29, 0.717) is 18.4 Å². The van der Waals surface area contributed by atoms with Crippen molar-refractivity contribution in [3.63, 3.8) is 0 Å². The van der Waals surface area contributed by atoms with Crippen LogP contribution in [-0.4, -0.2) is 23.5 Å². The fourth-order valence-corrected chi connectivity index (χ4v) is 2.05. The Morgan fingerprint density at radius 3 is 3.12 bits per heavy atom. The molecule has 0 bridgehead atoms. The predicted molar refractivity (Wildman–Crippen MR) is 63.3 cm³/mol. The van der Waals surface area contributed by atoms with Crippen molar-refractivity contribution in [1.82, 2.24) is 15.6 Å². The summed E-state index contributed by atoms with van der Waals surface area (Å²) in [4.78, 5) is 16.0. The first-order valence-electron chi connectivity index (χ1n) is 6.15. The summed E-state index contributed by atoms with van der Waals surface area (Å²) in [7, 11) is 0. The van der Waals surface area contributed by atoms with Gasteiger partial charge in [0.15, 0.2) is 0 Å². The van der Waals surface area contributed by atoms with Gasteiger partial charge in [-0.3, -0.25) is 4.79 Å². The zero-order chi connectivity index (χ0) is 12.3. The number of aryl methyl sites for hydroxylation is 1. The third kappa shape index (κ3) is 2.85. The molecule has 1 fully saturated rings. The summed E-state index contributed by atoms with van der Waals surface area (Å²) in [6.45, 7) is 5.37. The molecule has 1 saturated heterocycles. The molecule has 2 N–H and O–H groups in total. The standard InChI is InChI=1S/C12H19N3O2/c1-3-9-6-14-10(17-9)7-15-12(16)11-8(2)4-5-13-11/h6,8,11,13H,3-5,7H2,1-2H3,(H,15,16). The molecule has 0 saturated carbocycles. The van der Waals surface area contributed by atoms with Crippen LogP contribution in [0.3, 0.4) is 0 Å². The summed E-state index contributed by atoms with van der Waals surface area (Å²) < 4.78 is 5.43. The van der Waals surface area contributed by atoms with Crippen LogP contribution in [0.15, 0.2) is 10.6 Å². The first-order chi connectivity index (χ1) is 8.20. The molecule has 2 unspecified atom stereocenters. The first kappa shape index (κ1) is 12.1. The molecule has 2 rings (SSSR count). The SMILES string of the molecule is CCc1cnc(CNC(=O)C2NCCC2C)o1. The summed E-state index contributed by atoms with van der Waals surface area (Å²) in [6.07, 6.45) is 3.58. The molecule has 1 amide bonds. The Labute approximate surface area is 101 Å². The van der Waals surface area contributed by atoms with Crippen molar-refractivity contribution >= 4 is 5.91 Å². The molecular formula is C12H19N3O2. The van der Waals surface area contributed by atoms with E-state index >= 15 is 0 Å². The van der Waals surface area contributed by atoms with E-state index in [0.717, 1.165) is 25.1 Å². The summed E-state index contributed by atoms with van der Waals surface area (Å²) in [5, 5.41) is 6.05. The number of hydrogen-bond donors (Lipinski definition) is 2. The molecule has 2 atom stereocenters. The molecule has 0 aromatic carbocycles. The second-order valence-electron chi connectivity index (χ2n) is 4.49. The van der Waals surface area contributed by atoms with Crippen molar-refractivity contribution in [2.45, 2.75) is 39.3 Å². The van der Waals surface area contributed by atoms with Gasteiger partial charge in [0, 0.05) is 6.42 Å². The number of hydrogen-bond acceptors (Lipinski definition) is 4. The van der Waals surface area contributed by atoms with Crippen molar-refractivity contribution < 1.29 is 9.21 Å². The van der Waals surface area contributed by atoms with Gasteiger partial charge in [0.2, 0.25) is 11.8 Å². The quantitative estimate of drug-likeness (QED) is 0.814. The fourth-order valence-electron chi connectivity index (χ4n) is 2.05. The zero-order valence-electron chi connectivity index (χ0n) is 10.3. The summed E-state index contributed by atoms with van der Waals surface area (Å²) in [5.74, 6) is 1.85. The number of rotatable bonds is 4. The highest BCUT2D eigenvalue weighted by Crippen LogP contribution is 2.14. The Morgan fingerprint density at radius 1 is 1.71 bits per heavy atom. The summed E-state index contributed by atoms with van der Waals surface area (Å²) >= 11 is 0. The van der Waals surface area contributed by atoms with Gasteiger partial charge in [-0.15, -0.1) is 0 Å². The Bertz CT molecular complexity index is 389. The number of nitrogens with one attached hydrogen (secondary N) is 2. The molecule has 5 nitrogen and oxygen atoms in total. The van der Waals surface area contributed by atoms with Crippen LogP contribution in [-0.2, 0) is 17.8 Å². The van der Waals surface area contributed by atoms with Gasteiger partial charge in [0.05, 0.1) is 18.8 Å². The molecule has 1 aromatic rings. The lowest BCUT2D eigenvalue weighted by molar-refractivity contribution is -0.123. The third-order valence-electron chi connectivity index (χ3n) is 3.18. The van der Waals surface area contributed by atoms with Crippen LogP contribution in [0.5, 0.6) is 0 Å². The minimum atomic E-state index is -0.0735. The van der Waals surface area contributed by atoms with Crippen LogP contribution in [0.1, 0.15) is 31.9 Å². The first-order valence-corrected chi connectivity index (χ1v) is 6.15. The number of carbonyl (C=O) groups is 1. The second-order valence-corrected chi connectivity index (χ2v) is 4.49. The van der Waals surface area contributed by atoms with Crippen LogP contribution in [0.4, 0.5) is 0 Å². The molecule has 94 valence electrons. The monoisotopic (exact) mass is 237 g/mol. The van der Waals surface area contributed by atoms with E-state index in [1.54, 1.807) is 6.20 Å². The molecule has 2 heterocycles. The molecule has 5 heteroatoms. The smallest absolute Gasteiger partial charge is 0.237 e. The van der Waals surface area contributed by atoms with Gasteiger partial charge in [-0.2, -0.15) is 0 Å². The van der Waals surface area contributed by atoms with Crippen molar-refractivity contribution in [2.24, 2.45) is 5.92 Å². The van der Waals surface area contributed by atoms with Gasteiger partial charge in [0.25, 0.3) is 0 Å². The minimum absolute atomic E-state index is 0.0336. The molecule has 17 heavy (non-hydrogen) atoms. The van der Waals surface area contributed by atoms with Crippen LogP contribution < -0.4 is 10.6 Å². The van der Waals surface area contributed by atoms with Crippen LogP contribution in [0.25, 0.3) is 0 Å². The predicted octanol–water partition coefficient (Wildman–Crippen LogP) is 0.851. The molecule has 0 aliphatic carbocycles. The highest BCUT2D eigenvalue weighted by Gasteiger charge is 2.29. The van der Waals surface area contributed by atoms with Gasteiger partial charge < -0.3 is 15.1 Å². The highest BCUT2D eigenvalue weighted by molar-refractivity contribution is 5.82. The number of nitrogens with zero attached hydrogens (tertiary/aromatic N) is 1. The van der Waals surface area contributed by atoms with Gasteiger partial charge >= 0.3 is 0 Å². The third-order valence-corrected chi connectivity index (χ3v) is 3.18. The maximum Gasteiger partial charge on any atom is 0.237 e. The van der Waals surface area contributed by atoms with Crippen LogP contribution in [0, 0.1) is 5.92 Å². The average Bonchev–Trinajstić information content (AvgIpc) is 2.94. The van der Waals surface area contributed by atoms with E-state index in [4.69, 9.17) is 4.42 Å². The molecule has 0 radical (unpaired) electrons. The van der Waals surface area contributed by atoms with Gasteiger partial charge in [-0.05, 0) is 18.9 Å². The largest absolute Gasteiger partial charge is 0.444 e. The van der Waals surface area contributed by atoms with Crippen molar-refractivity contribution in [1.29, 1.82) is 0 Å². The minimum Gasteiger partial charge on any atom is -0.444 e. The van der Waals surface area contributed by atoms with Gasteiger partial charge in [-0.1, -0.05) is 13.8 Å². The molecule has 1 aromatic heterocycles. The lowest BCUT2D eigenvalue weighted by Gasteiger charge is -2.14. The lowest BCUT2D eigenvalue weighted by Crippen LogP contribution is -2.42. The van der Waals surface area contributed by atoms with E-state index < -0.39 is 0 Å². The highest BCUT2D eigenvalue weighted by atomic mass is 16.4. The number of carbonyl (C=O) groups excluding carboxylic acids is 1. The van der Waals surface area contributed by atoms with Crippen molar-refractivity contribution in [3.05, 3.63) is 17.8 Å². The normalized spacial score (nSPS) is 23.9. The van der Waals surface area contributed by atoms with Crippen molar-refractivity contribution in [2.75, 3.05) is 6.54 Å². The number of oxazole rings is 1. The van der Waals surface area contributed by atoms with Gasteiger partial charge in [-0.25, -0.2) is 4.98 Å². The zero-order valence-corrected chi connectivity index (χ0v) is 10.3. The van der Waals surface area contributed by atoms with E-state index in [-0.39, 0.29) is 11.9 Å². The van der Waals surface area contributed by atoms with Crippen LogP contribution >= 0.6 is 0 Å². The Kier molecular flexibility index (Phi) is 3.78. The molecular weight excluding hydrogens is 218 g/mol. The van der Waals surface area contributed by atoms with Crippen molar-refractivity contribution in [3.8, 4) is 0 Å². The number of aromatic nitrogens is 1.